The number of carbonyl (C=O) groups is 2. The van der Waals surface area contributed by atoms with Gasteiger partial charge in [-0.3, -0.25) is 14.6 Å². The van der Waals surface area contributed by atoms with Gasteiger partial charge < -0.3 is 15.0 Å². The van der Waals surface area contributed by atoms with E-state index in [0.717, 1.165) is 16.6 Å². The lowest BCUT2D eigenvalue weighted by atomic mass is 10.0. The molecular weight excluding hydrogens is 492 g/mol. The Balaban J connectivity index is 1.51. The van der Waals surface area contributed by atoms with Crippen LogP contribution in [0.5, 0.6) is 5.75 Å². The number of nitrogens with zero attached hydrogens (tertiary/aromatic N) is 5. The Morgan fingerprint density at radius 3 is 2.41 bits per heavy atom. The van der Waals surface area contributed by atoms with Crippen molar-refractivity contribution in [3.8, 4) is 5.75 Å². The van der Waals surface area contributed by atoms with Crippen molar-refractivity contribution >= 4 is 22.8 Å². The molecule has 0 fully saturated rings. The number of nitrogens with one attached hydrogen (secondary N) is 1. The molecule has 0 aliphatic heterocycles. The molecule has 5 aromatic rings. The number of pyridine rings is 1. The third-order valence-corrected chi connectivity index (χ3v) is 6.40. The van der Waals surface area contributed by atoms with Crippen LogP contribution in [0.2, 0.25) is 0 Å². The van der Waals surface area contributed by atoms with Gasteiger partial charge in [0.15, 0.2) is 0 Å². The molecule has 1 N–H and O–H groups in total. The summed E-state index contributed by atoms with van der Waals surface area (Å²) in [6.45, 7) is 0.420. The molecule has 0 bridgehead atoms. The van der Waals surface area contributed by atoms with Crippen LogP contribution < -0.4 is 10.1 Å². The third-order valence-electron chi connectivity index (χ3n) is 6.40. The van der Waals surface area contributed by atoms with Gasteiger partial charge in [0.1, 0.15) is 23.9 Å². The molecule has 0 saturated carbocycles. The Morgan fingerprint density at radius 1 is 0.923 bits per heavy atom. The lowest BCUT2D eigenvalue weighted by Gasteiger charge is -2.31. The van der Waals surface area contributed by atoms with Crippen molar-refractivity contribution in [3.63, 3.8) is 0 Å². The summed E-state index contributed by atoms with van der Waals surface area (Å²) in [7, 11) is 1.58. The van der Waals surface area contributed by atoms with Crippen LogP contribution in [-0.4, -0.2) is 43.8 Å². The maximum atomic E-state index is 14.0. The van der Waals surface area contributed by atoms with Gasteiger partial charge in [-0.25, -0.2) is 4.68 Å². The van der Waals surface area contributed by atoms with Gasteiger partial charge in [-0.05, 0) is 47.0 Å². The average molecular weight is 521 g/mol. The van der Waals surface area contributed by atoms with Crippen LogP contribution in [0.15, 0.2) is 103 Å². The lowest BCUT2D eigenvalue weighted by molar-refractivity contribution is -0.142. The van der Waals surface area contributed by atoms with Crippen LogP contribution in [0.1, 0.15) is 22.7 Å². The molecule has 0 aliphatic rings. The zero-order valence-electron chi connectivity index (χ0n) is 21.5. The number of amides is 2. The highest BCUT2D eigenvalue weighted by atomic mass is 16.5. The fourth-order valence-electron chi connectivity index (χ4n) is 4.41. The van der Waals surface area contributed by atoms with Gasteiger partial charge in [-0.15, -0.1) is 5.10 Å². The Kier molecular flexibility index (Phi) is 7.87. The molecule has 0 spiro atoms. The number of aromatic nitrogens is 4. The van der Waals surface area contributed by atoms with Gasteiger partial charge in [0.05, 0.1) is 12.6 Å². The maximum Gasteiger partial charge on any atom is 0.247 e. The van der Waals surface area contributed by atoms with E-state index in [0.29, 0.717) is 23.4 Å². The first-order valence-corrected chi connectivity index (χ1v) is 12.5. The number of hydrogen-bond acceptors (Lipinski definition) is 6. The highest BCUT2D eigenvalue weighted by Crippen LogP contribution is 2.26. The second-order valence-electron chi connectivity index (χ2n) is 9.00. The Bertz CT molecular complexity index is 1540. The van der Waals surface area contributed by atoms with Crippen LogP contribution in [0.25, 0.3) is 11.0 Å². The Labute approximate surface area is 226 Å². The number of carbonyl (C=O) groups excluding carboxylic acids is 2. The normalized spacial score (nSPS) is 11.6. The van der Waals surface area contributed by atoms with E-state index in [4.69, 9.17) is 4.74 Å². The van der Waals surface area contributed by atoms with Crippen LogP contribution in [-0.2, 0) is 29.2 Å². The average Bonchev–Trinajstić information content (AvgIpc) is 3.39. The molecule has 196 valence electrons. The molecule has 9 nitrogen and oxygen atoms in total. The summed E-state index contributed by atoms with van der Waals surface area (Å²) < 4.78 is 6.88. The van der Waals surface area contributed by atoms with Gasteiger partial charge in [-0.1, -0.05) is 65.9 Å². The minimum atomic E-state index is -0.915. The molecule has 2 heterocycles. The van der Waals surface area contributed by atoms with E-state index in [-0.39, 0.29) is 24.9 Å². The summed E-state index contributed by atoms with van der Waals surface area (Å²) in [5, 5.41) is 11.4. The maximum absolute atomic E-state index is 14.0. The lowest BCUT2D eigenvalue weighted by Crippen LogP contribution is -2.44. The van der Waals surface area contributed by atoms with Crippen LogP contribution in [0.4, 0.5) is 0 Å². The molecule has 2 amide bonds. The van der Waals surface area contributed by atoms with E-state index in [9.17, 15) is 9.59 Å². The van der Waals surface area contributed by atoms with Gasteiger partial charge in [0, 0.05) is 25.5 Å². The van der Waals surface area contributed by atoms with Crippen molar-refractivity contribution in [2.75, 3.05) is 7.11 Å². The van der Waals surface area contributed by atoms with Crippen LogP contribution in [0, 0.1) is 0 Å². The first-order valence-electron chi connectivity index (χ1n) is 12.5. The van der Waals surface area contributed by atoms with Crippen molar-refractivity contribution in [1.82, 2.24) is 30.2 Å². The predicted octanol–water partition coefficient (Wildman–Crippen LogP) is 3.92. The number of methoxy groups -OCH3 is 1. The number of benzene rings is 3. The number of fused-ring (bicyclic) bond motifs is 1. The number of hydrogen-bond donors (Lipinski definition) is 1. The van der Waals surface area contributed by atoms with Gasteiger partial charge in [0.25, 0.3) is 0 Å². The standard InChI is InChI=1S/C30H28N6O3/c1-39-25-15-13-24(14-16-25)29(30(38)32-19-22-8-3-2-4-9-22)35(20-23-10-7-17-31-18-23)28(37)21-36-27-12-6-5-11-26(27)33-34-36/h2-18,29H,19-21H2,1H3,(H,32,38). The minimum absolute atomic E-state index is 0.0839. The first-order chi connectivity index (χ1) is 19.1. The fraction of sp³-hybridized carbons (Fsp3) is 0.167. The third kappa shape index (κ3) is 6.10. The molecular formula is C30H28N6O3. The topological polar surface area (TPSA) is 102 Å². The van der Waals surface area contributed by atoms with Crippen molar-refractivity contribution in [2.24, 2.45) is 0 Å². The molecule has 0 saturated heterocycles. The summed E-state index contributed by atoms with van der Waals surface area (Å²) in [4.78, 5) is 33.6. The molecule has 0 aliphatic carbocycles. The summed E-state index contributed by atoms with van der Waals surface area (Å²) in [6, 6.07) is 27.0. The molecule has 2 aromatic heterocycles. The predicted molar refractivity (Wildman–Crippen MR) is 146 cm³/mol. The van der Waals surface area contributed by atoms with Crippen molar-refractivity contribution in [2.45, 2.75) is 25.7 Å². The SMILES string of the molecule is COc1ccc(C(C(=O)NCc2ccccc2)N(Cc2cccnc2)C(=O)Cn2nnc3ccccc32)cc1. The molecule has 39 heavy (non-hydrogen) atoms. The molecule has 9 heteroatoms. The van der Waals surface area contributed by atoms with E-state index in [1.807, 2.05) is 60.7 Å². The highest BCUT2D eigenvalue weighted by Gasteiger charge is 2.32. The largest absolute Gasteiger partial charge is 0.497 e. The zero-order valence-corrected chi connectivity index (χ0v) is 21.5. The quantitative estimate of drug-likeness (QED) is 0.300. The first kappa shape index (κ1) is 25.6. The molecule has 3 aromatic carbocycles. The van der Waals surface area contributed by atoms with E-state index < -0.39 is 6.04 Å². The Morgan fingerprint density at radius 2 is 1.67 bits per heavy atom. The van der Waals surface area contributed by atoms with Gasteiger partial charge in [0.2, 0.25) is 11.8 Å². The van der Waals surface area contributed by atoms with Crippen molar-refractivity contribution in [1.29, 1.82) is 0 Å². The van der Waals surface area contributed by atoms with Crippen molar-refractivity contribution < 1.29 is 14.3 Å². The van der Waals surface area contributed by atoms with Gasteiger partial charge >= 0.3 is 0 Å². The van der Waals surface area contributed by atoms with E-state index >= 15 is 0 Å². The van der Waals surface area contributed by atoms with E-state index in [1.54, 1.807) is 59.4 Å². The number of ether oxygens (including phenoxy) is 1. The number of rotatable bonds is 10. The van der Waals surface area contributed by atoms with Gasteiger partial charge in [-0.2, -0.15) is 0 Å². The van der Waals surface area contributed by atoms with Crippen LogP contribution >= 0.6 is 0 Å². The Hall–Kier alpha value is -5.05. The summed E-state index contributed by atoms with van der Waals surface area (Å²) in [5.41, 5.74) is 3.84. The summed E-state index contributed by atoms with van der Waals surface area (Å²) >= 11 is 0. The second kappa shape index (κ2) is 12.0. The fourth-order valence-corrected chi connectivity index (χ4v) is 4.41. The molecule has 5 rings (SSSR count). The second-order valence-corrected chi connectivity index (χ2v) is 9.00. The molecule has 1 unspecified atom stereocenters. The zero-order chi connectivity index (χ0) is 27.0. The van der Waals surface area contributed by atoms with E-state index in [2.05, 4.69) is 20.6 Å². The molecule has 0 radical (unpaired) electrons. The molecule has 1 atom stereocenters. The summed E-state index contributed by atoms with van der Waals surface area (Å²) in [5.74, 6) is 0.0660. The smallest absolute Gasteiger partial charge is 0.247 e. The van der Waals surface area contributed by atoms with Crippen molar-refractivity contribution in [3.05, 3.63) is 120 Å². The highest BCUT2D eigenvalue weighted by molar-refractivity contribution is 5.89. The minimum Gasteiger partial charge on any atom is -0.497 e. The van der Waals surface area contributed by atoms with Crippen LogP contribution in [0.3, 0.4) is 0 Å². The number of para-hydroxylation sites is 1. The summed E-state index contributed by atoms with van der Waals surface area (Å²) in [6.07, 6.45) is 3.36. The monoisotopic (exact) mass is 520 g/mol. The van der Waals surface area contributed by atoms with E-state index in [1.165, 1.54) is 0 Å².